The second-order valence-electron chi connectivity index (χ2n) is 9.62. The van der Waals surface area contributed by atoms with Crippen LogP contribution in [0.15, 0.2) is 41.5 Å². The number of thiophene rings is 1. The average molecular weight is 452 g/mol. The monoisotopic (exact) mass is 451 g/mol. The van der Waals surface area contributed by atoms with Gasteiger partial charge in [-0.15, -0.1) is 11.3 Å². The summed E-state index contributed by atoms with van der Waals surface area (Å²) in [6.07, 6.45) is 11.8. The topological polar surface area (TPSA) is 67.2 Å². The van der Waals surface area contributed by atoms with Gasteiger partial charge in [0.15, 0.2) is 0 Å². The van der Waals surface area contributed by atoms with Gasteiger partial charge in [-0.2, -0.15) is 0 Å². The van der Waals surface area contributed by atoms with E-state index in [0.717, 1.165) is 68.0 Å². The molecule has 0 saturated heterocycles. The van der Waals surface area contributed by atoms with Crippen LogP contribution < -0.4 is 10.9 Å². The van der Waals surface area contributed by atoms with Crippen molar-refractivity contribution in [2.45, 2.75) is 82.4 Å². The molecule has 1 unspecified atom stereocenters. The maximum absolute atomic E-state index is 13.2. The molecule has 5 rings (SSSR count). The largest absolute Gasteiger partial charge is 0.389 e. The highest BCUT2D eigenvalue weighted by atomic mass is 32.1. The molecule has 1 saturated carbocycles. The first-order valence-electron chi connectivity index (χ1n) is 12.1. The van der Waals surface area contributed by atoms with Crippen LogP contribution in [-0.4, -0.2) is 32.8 Å². The lowest BCUT2D eigenvalue weighted by Crippen LogP contribution is -2.47. The van der Waals surface area contributed by atoms with Crippen molar-refractivity contribution in [1.29, 1.82) is 0 Å². The second-order valence-corrected chi connectivity index (χ2v) is 10.7. The molecule has 32 heavy (non-hydrogen) atoms. The van der Waals surface area contributed by atoms with Gasteiger partial charge >= 0.3 is 0 Å². The van der Waals surface area contributed by atoms with Gasteiger partial charge in [0.1, 0.15) is 4.83 Å². The van der Waals surface area contributed by atoms with Gasteiger partial charge in [-0.25, -0.2) is 4.98 Å². The van der Waals surface area contributed by atoms with Crippen LogP contribution in [0.4, 0.5) is 0 Å². The summed E-state index contributed by atoms with van der Waals surface area (Å²) in [7, 11) is 0. The summed E-state index contributed by atoms with van der Waals surface area (Å²) in [4.78, 5) is 20.1. The van der Waals surface area contributed by atoms with Crippen molar-refractivity contribution in [2.75, 3.05) is 6.54 Å². The number of benzene rings is 1. The molecule has 3 aromatic rings. The minimum Gasteiger partial charge on any atom is -0.389 e. The molecule has 5 nitrogen and oxygen atoms in total. The number of nitrogens with zero attached hydrogens (tertiary/aromatic N) is 2. The normalized spacial score (nSPS) is 20.3. The fraction of sp³-hybridized carbons (Fsp3) is 0.538. The first-order valence-corrected chi connectivity index (χ1v) is 12.9. The molecule has 2 N–H and O–H groups in total. The van der Waals surface area contributed by atoms with Crippen molar-refractivity contribution in [3.63, 3.8) is 0 Å². The molecule has 2 aliphatic carbocycles. The third kappa shape index (κ3) is 4.68. The smallest absolute Gasteiger partial charge is 0.262 e. The van der Waals surface area contributed by atoms with Gasteiger partial charge in [-0.05, 0) is 56.1 Å². The lowest BCUT2D eigenvalue weighted by Gasteiger charge is -2.34. The molecule has 0 spiro atoms. The van der Waals surface area contributed by atoms with E-state index in [1.807, 2.05) is 6.07 Å². The van der Waals surface area contributed by atoms with Crippen molar-refractivity contribution < 1.29 is 5.11 Å². The minimum atomic E-state index is -0.534. The zero-order chi connectivity index (χ0) is 22.0. The lowest BCUT2D eigenvalue weighted by atomic mass is 9.84. The van der Waals surface area contributed by atoms with Crippen molar-refractivity contribution in [3.8, 4) is 0 Å². The van der Waals surface area contributed by atoms with E-state index in [4.69, 9.17) is 0 Å². The molecule has 0 bridgehead atoms. The van der Waals surface area contributed by atoms with Gasteiger partial charge in [0, 0.05) is 24.0 Å². The van der Waals surface area contributed by atoms with Gasteiger partial charge < -0.3 is 10.4 Å². The lowest BCUT2D eigenvalue weighted by molar-refractivity contribution is 0.00233. The van der Waals surface area contributed by atoms with Gasteiger partial charge in [0.25, 0.3) is 5.56 Å². The number of hydrogen-bond donors (Lipinski definition) is 2. The summed E-state index contributed by atoms with van der Waals surface area (Å²) < 4.78 is 1.79. The van der Waals surface area contributed by atoms with E-state index in [-0.39, 0.29) is 5.56 Å². The SMILES string of the molecule is O=c1c2c3c(sc2ncn1CCCc1ccccc1)CC(NCC1(O)CCCCC1)CC3. The molecule has 6 heteroatoms. The van der Waals surface area contributed by atoms with Crippen molar-refractivity contribution in [3.05, 3.63) is 63.0 Å². The summed E-state index contributed by atoms with van der Waals surface area (Å²) in [6.45, 7) is 1.38. The van der Waals surface area contributed by atoms with Gasteiger partial charge in [-0.1, -0.05) is 49.6 Å². The van der Waals surface area contributed by atoms with E-state index >= 15 is 0 Å². The van der Waals surface area contributed by atoms with E-state index in [9.17, 15) is 9.90 Å². The molecule has 170 valence electrons. The molecule has 1 atom stereocenters. The zero-order valence-corrected chi connectivity index (χ0v) is 19.5. The Balaban J connectivity index is 1.26. The van der Waals surface area contributed by atoms with E-state index in [0.29, 0.717) is 19.1 Å². The van der Waals surface area contributed by atoms with Crippen molar-refractivity contribution in [2.24, 2.45) is 0 Å². The number of aliphatic hydroxyl groups is 1. The quantitative estimate of drug-likeness (QED) is 0.564. The molecule has 2 aliphatic rings. The molecule has 0 aliphatic heterocycles. The number of nitrogens with one attached hydrogen (secondary N) is 1. The maximum atomic E-state index is 13.2. The first-order chi connectivity index (χ1) is 15.6. The summed E-state index contributed by atoms with van der Waals surface area (Å²) in [5.74, 6) is 0. The van der Waals surface area contributed by atoms with Gasteiger partial charge in [0.2, 0.25) is 0 Å². The van der Waals surface area contributed by atoms with Crippen molar-refractivity contribution in [1.82, 2.24) is 14.9 Å². The Hall–Kier alpha value is -2.02. The summed E-state index contributed by atoms with van der Waals surface area (Å²) in [6, 6.07) is 10.8. The van der Waals surface area contributed by atoms with Gasteiger partial charge in [0.05, 0.1) is 17.3 Å². The van der Waals surface area contributed by atoms with Crippen LogP contribution in [0.2, 0.25) is 0 Å². The predicted molar refractivity (Wildman–Crippen MR) is 130 cm³/mol. The van der Waals surface area contributed by atoms with Crippen LogP contribution in [0, 0.1) is 0 Å². The summed E-state index contributed by atoms with van der Waals surface area (Å²) in [5.41, 5.74) is 2.10. The molecule has 0 radical (unpaired) electrons. The van der Waals surface area contributed by atoms with Crippen molar-refractivity contribution >= 4 is 21.6 Å². The molecule has 1 fully saturated rings. The summed E-state index contributed by atoms with van der Waals surface area (Å²) >= 11 is 1.68. The average Bonchev–Trinajstić information content (AvgIpc) is 3.19. The molecule has 2 aromatic heterocycles. The fourth-order valence-corrected chi connectivity index (χ4v) is 6.61. The van der Waals surface area contributed by atoms with Crippen LogP contribution in [0.1, 0.15) is 60.9 Å². The predicted octanol–water partition coefficient (Wildman–Crippen LogP) is 4.23. The van der Waals surface area contributed by atoms with Crippen LogP contribution in [-0.2, 0) is 25.8 Å². The third-order valence-corrected chi connectivity index (χ3v) is 8.41. The number of aryl methyl sites for hydroxylation is 3. The Bertz CT molecular complexity index is 1120. The minimum absolute atomic E-state index is 0.114. The van der Waals surface area contributed by atoms with E-state index in [1.165, 1.54) is 22.4 Å². The Morgan fingerprint density at radius 3 is 2.81 bits per heavy atom. The Kier molecular flexibility index (Phi) is 6.44. The van der Waals surface area contributed by atoms with Crippen LogP contribution in [0.25, 0.3) is 10.2 Å². The highest BCUT2D eigenvalue weighted by Gasteiger charge is 2.31. The Labute approximate surface area is 193 Å². The highest BCUT2D eigenvalue weighted by Crippen LogP contribution is 2.34. The van der Waals surface area contributed by atoms with E-state index in [1.54, 1.807) is 22.2 Å². The summed E-state index contributed by atoms with van der Waals surface area (Å²) in [5, 5.41) is 15.3. The number of rotatable bonds is 7. The third-order valence-electron chi connectivity index (χ3n) is 7.25. The van der Waals surface area contributed by atoms with Gasteiger partial charge in [-0.3, -0.25) is 9.36 Å². The molecule has 2 heterocycles. The molecular weight excluding hydrogens is 418 g/mol. The molecular formula is C26H33N3O2S. The van der Waals surface area contributed by atoms with E-state index in [2.05, 4.69) is 34.6 Å². The standard InChI is InChI=1S/C26H33N3O2S/c30-25-23-21-12-11-20(27-17-26(31)13-5-2-6-14-26)16-22(21)32-24(23)28-18-29(25)15-7-10-19-8-3-1-4-9-19/h1,3-4,8-9,18,20,27,31H,2,5-7,10-17H2. The molecule has 0 amide bonds. The fourth-order valence-electron chi connectivity index (χ4n) is 5.35. The Morgan fingerprint density at radius 2 is 2.00 bits per heavy atom. The first kappa shape index (κ1) is 21.8. The zero-order valence-electron chi connectivity index (χ0n) is 18.7. The van der Waals surface area contributed by atoms with E-state index < -0.39 is 5.60 Å². The highest BCUT2D eigenvalue weighted by molar-refractivity contribution is 7.18. The van der Waals surface area contributed by atoms with Crippen LogP contribution in [0.5, 0.6) is 0 Å². The Morgan fingerprint density at radius 1 is 1.19 bits per heavy atom. The number of aromatic nitrogens is 2. The number of hydrogen-bond acceptors (Lipinski definition) is 5. The number of fused-ring (bicyclic) bond motifs is 3. The maximum Gasteiger partial charge on any atom is 0.262 e. The molecule has 1 aromatic carbocycles. The second kappa shape index (κ2) is 9.46. The van der Waals surface area contributed by atoms with Crippen LogP contribution >= 0.6 is 11.3 Å². The van der Waals surface area contributed by atoms with Crippen LogP contribution in [0.3, 0.4) is 0 Å².